The van der Waals surface area contributed by atoms with Gasteiger partial charge in [0.2, 0.25) is 0 Å². The zero-order chi connectivity index (χ0) is 5.70. The Bertz CT molecular complexity index is 52.0. The van der Waals surface area contributed by atoms with Gasteiger partial charge in [-0.15, -0.1) is 0 Å². The minimum Gasteiger partial charge on any atom is -0.483 e. The van der Waals surface area contributed by atoms with Crippen molar-refractivity contribution in [3.8, 4) is 0 Å². The molecule has 0 saturated carbocycles. The van der Waals surface area contributed by atoms with E-state index in [-0.39, 0.29) is 0 Å². The minimum atomic E-state index is 0.529. The standard InChI is InChI=1S/C5H11NO/c1-5(2)3-7-4-6/h4-6H,3H2,1-2H3. The maximum absolute atomic E-state index is 6.45. The van der Waals surface area contributed by atoms with Crippen molar-refractivity contribution in [1.29, 1.82) is 5.41 Å². The fraction of sp³-hybridized carbons (Fsp3) is 0.800. The van der Waals surface area contributed by atoms with E-state index >= 15 is 0 Å². The highest BCUT2D eigenvalue weighted by Gasteiger charge is 1.87. The second kappa shape index (κ2) is 3.65. The molecule has 0 atom stereocenters. The number of ether oxygens (including phenoxy) is 1. The highest BCUT2D eigenvalue weighted by molar-refractivity contribution is 5.40. The molecule has 0 aromatic rings. The molecule has 0 bridgehead atoms. The van der Waals surface area contributed by atoms with E-state index in [1.54, 1.807) is 0 Å². The molecular formula is C5H11NO. The fourth-order valence-electron chi connectivity index (χ4n) is 0.241. The van der Waals surface area contributed by atoms with Gasteiger partial charge in [0.05, 0.1) is 6.61 Å². The summed E-state index contributed by atoms with van der Waals surface area (Å²) in [5, 5.41) is 6.45. The SMILES string of the molecule is CC(C)COC=N. The van der Waals surface area contributed by atoms with Crippen molar-refractivity contribution in [3.63, 3.8) is 0 Å². The summed E-state index contributed by atoms with van der Waals surface area (Å²) in [6.07, 6.45) is 0.972. The first kappa shape index (κ1) is 6.47. The van der Waals surface area contributed by atoms with Crippen molar-refractivity contribution in [2.45, 2.75) is 13.8 Å². The van der Waals surface area contributed by atoms with Crippen LogP contribution in [0.4, 0.5) is 0 Å². The molecule has 0 aliphatic rings. The molecule has 0 aliphatic heterocycles. The van der Waals surface area contributed by atoms with Crippen molar-refractivity contribution >= 4 is 6.40 Å². The average molecular weight is 101 g/mol. The Morgan fingerprint density at radius 3 is 2.43 bits per heavy atom. The molecule has 42 valence electrons. The van der Waals surface area contributed by atoms with Gasteiger partial charge in [-0.05, 0) is 5.92 Å². The fourth-order valence-corrected chi connectivity index (χ4v) is 0.241. The summed E-state index contributed by atoms with van der Waals surface area (Å²) in [5.41, 5.74) is 0. The van der Waals surface area contributed by atoms with E-state index in [0.717, 1.165) is 6.40 Å². The van der Waals surface area contributed by atoms with Crippen molar-refractivity contribution in [2.24, 2.45) is 5.92 Å². The predicted octanol–water partition coefficient (Wildman–Crippen LogP) is 1.27. The Hall–Kier alpha value is -0.530. The van der Waals surface area contributed by atoms with Gasteiger partial charge in [0, 0.05) is 0 Å². The zero-order valence-corrected chi connectivity index (χ0v) is 4.77. The molecule has 0 rings (SSSR count). The number of hydrogen-bond acceptors (Lipinski definition) is 2. The van der Waals surface area contributed by atoms with E-state index in [2.05, 4.69) is 4.74 Å². The van der Waals surface area contributed by atoms with Crippen LogP contribution in [0.25, 0.3) is 0 Å². The van der Waals surface area contributed by atoms with Crippen LogP contribution in [0.15, 0.2) is 0 Å². The van der Waals surface area contributed by atoms with Crippen LogP contribution in [0.1, 0.15) is 13.8 Å². The van der Waals surface area contributed by atoms with Gasteiger partial charge in [0.25, 0.3) is 0 Å². The van der Waals surface area contributed by atoms with Gasteiger partial charge in [0.15, 0.2) is 6.40 Å². The lowest BCUT2D eigenvalue weighted by atomic mass is 10.2. The van der Waals surface area contributed by atoms with Crippen molar-refractivity contribution in [3.05, 3.63) is 0 Å². The first-order chi connectivity index (χ1) is 3.27. The predicted molar refractivity (Wildman–Crippen MR) is 29.6 cm³/mol. The molecule has 2 heteroatoms. The quantitative estimate of drug-likeness (QED) is 0.421. The first-order valence-electron chi connectivity index (χ1n) is 2.38. The monoisotopic (exact) mass is 101 g/mol. The lowest BCUT2D eigenvalue weighted by Crippen LogP contribution is -1.98. The van der Waals surface area contributed by atoms with E-state index in [9.17, 15) is 0 Å². The molecule has 0 aliphatic carbocycles. The Morgan fingerprint density at radius 1 is 1.71 bits per heavy atom. The largest absolute Gasteiger partial charge is 0.483 e. The van der Waals surface area contributed by atoms with Crippen LogP contribution in [0.3, 0.4) is 0 Å². The van der Waals surface area contributed by atoms with E-state index in [4.69, 9.17) is 5.41 Å². The van der Waals surface area contributed by atoms with Crippen LogP contribution >= 0.6 is 0 Å². The molecule has 0 spiro atoms. The minimum absolute atomic E-state index is 0.529. The molecule has 0 aromatic heterocycles. The van der Waals surface area contributed by atoms with Gasteiger partial charge in [-0.25, -0.2) is 0 Å². The number of nitrogens with one attached hydrogen (secondary N) is 1. The molecule has 0 fully saturated rings. The van der Waals surface area contributed by atoms with Gasteiger partial charge in [-0.3, -0.25) is 5.41 Å². The Kier molecular flexibility index (Phi) is 3.38. The summed E-state index contributed by atoms with van der Waals surface area (Å²) < 4.78 is 4.64. The van der Waals surface area contributed by atoms with E-state index in [1.165, 1.54) is 0 Å². The van der Waals surface area contributed by atoms with Crippen molar-refractivity contribution < 1.29 is 4.74 Å². The van der Waals surface area contributed by atoms with E-state index in [0.29, 0.717) is 12.5 Å². The van der Waals surface area contributed by atoms with Crippen LogP contribution in [0, 0.1) is 11.3 Å². The van der Waals surface area contributed by atoms with Gasteiger partial charge in [-0.2, -0.15) is 0 Å². The van der Waals surface area contributed by atoms with Crippen molar-refractivity contribution in [2.75, 3.05) is 6.61 Å². The molecule has 7 heavy (non-hydrogen) atoms. The summed E-state index contributed by atoms with van der Waals surface area (Å²) in [6.45, 7) is 4.75. The molecule has 0 heterocycles. The molecule has 0 aromatic carbocycles. The summed E-state index contributed by atoms with van der Waals surface area (Å²) in [6, 6.07) is 0. The second-order valence-electron chi connectivity index (χ2n) is 1.85. The Balaban J connectivity index is 2.81. The molecule has 0 saturated heterocycles. The molecular weight excluding hydrogens is 90.1 g/mol. The normalized spacial score (nSPS) is 9.00. The van der Waals surface area contributed by atoms with E-state index < -0.39 is 0 Å². The van der Waals surface area contributed by atoms with E-state index in [1.807, 2.05) is 13.8 Å². The summed E-state index contributed by atoms with van der Waals surface area (Å²) in [4.78, 5) is 0. The lowest BCUT2D eigenvalue weighted by molar-refractivity contribution is 0.269. The number of rotatable bonds is 3. The van der Waals surface area contributed by atoms with Crippen LogP contribution in [-0.2, 0) is 4.74 Å². The Morgan fingerprint density at radius 2 is 2.29 bits per heavy atom. The first-order valence-corrected chi connectivity index (χ1v) is 2.38. The zero-order valence-electron chi connectivity index (χ0n) is 4.77. The van der Waals surface area contributed by atoms with Crippen LogP contribution in [0.5, 0.6) is 0 Å². The molecule has 2 nitrogen and oxygen atoms in total. The highest BCUT2D eigenvalue weighted by Crippen LogP contribution is 1.88. The molecule has 1 N–H and O–H groups in total. The highest BCUT2D eigenvalue weighted by atomic mass is 16.5. The topological polar surface area (TPSA) is 33.1 Å². The summed E-state index contributed by atoms with van der Waals surface area (Å²) in [7, 11) is 0. The molecule has 0 amide bonds. The van der Waals surface area contributed by atoms with Crippen molar-refractivity contribution in [1.82, 2.24) is 0 Å². The third-order valence-corrected chi connectivity index (χ3v) is 0.513. The van der Waals surface area contributed by atoms with Crippen LogP contribution in [-0.4, -0.2) is 13.0 Å². The Labute approximate surface area is 44.0 Å². The van der Waals surface area contributed by atoms with Gasteiger partial charge >= 0.3 is 0 Å². The second-order valence-corrected chi connectivity index (χ2v) is 1.85. The van der Waals surface area contributed by atoms with Crippen LogP contribution < -0.4 is 0 Å². The van der Waals surface area contributed by atoms with Gasteiger partial charge in [-0.1, -0.05) is 13.8 Å². The summed E-state index contributed by atoms with van der Waals surface area (Å²) in [5.74, 6) is 0.529. The maximum Gasteiger partial charge on any atom is 0.166 e. The number of hydrogen-bond donors (Lipinski definition) is 1. The third-order valence-electron chi connectivity index (χ3n) is 0.513. The molecule has 0 radical (unpaired) electrons. The summed E-state index contributed by atoms with van der Waals surface area (Å²) >= 11 is 0. The van der Waals surface area contributed by atoms with Crippen LogP contribution in [0.2, 0.25) is 0 Å². The maximum atomic E-state index is 6.45. The smallest absolute Gasteiger partial charge is 0.166 e. The molecule has 0 unspecified atom stereocenters. The van der Waals surface area contributed by atoms with Gasteiger partial charge in [0.1, 0.15) is 0 Å². The van der Waals surface area contributed by atoms with Gasteiger partial charge < -0.3 is 4.74 Å². The third kappa shape index (κ3) is 5.47. The average Bonchev–Trinajstić information content (AvgIpc) is 1.61. The lowest BCUT2D eigenvalue weighted by Gasteiger charge is -1.99.